The first-order valence-corrected chi connectivity index (χ1v) is 14.1. The Morgan fingerprint density at radius 1 is 0.970 bits per heavy atom. The van der Waals surface area contributed by atoms with Gasteiger partial charge in [0.2, 0.25) is 0 Å². The van der Waals surface area contributed by atoms with Crippen LogP contribution in [0.15, 0.2) is 66.7 Å². The Balaban J connectivity index is 1.95. The van der Waals surface area contributed by atoms with Crippen LogP contribution in [0.5, 0.6) is 0 Å². The van der Waals surface area contributed by atoms with Gasteiger partial charge in [-0.2, -0.15) is 0 Å². The average molecular weight is 463 g/mol. The summed E-state index contributed by atoms with van der Waals surface area (Å²) >= 11 is 0. The predicted molar refractivity (Wildman–Crippen MR) is 136 cm³/mol. The molecule has 0 aliphatic heterocycles. The van der Waals surface area contributed by atoms with Crippen LogP contribution >= 0.6 is 0 Å². The van der Waals surface area contributed by atoms with E-state index in [0.717, 1.165) is 22.3 Å². The van der Waals surface area contributed by atoms with Crippen molar-refractivity contribution in [1.29, 1.82) is 0 Å². The predicted octanol–water partition coefficient (Wildman–Crippen LogP) is 6.87. The van der Waals surface area contributed by atoms with E-state index in [4.69, 9.17) is 9.16 Å². The first-order chi connectivity index (χ1) is 15.6. The summed E-state index contributed by atoms with van der Waals surface area (Å²) in [4.78, 5) is 11.9. The lowest BCUT2D eigenvalue weighted by atomic mass is 9.86. The molecule has 0 heterocycles. The van der Waals surface area contributed by atoms with Gasteiger partial charge in [-0.15, -0.1) is 0 Å². The minimum atomic E-state index is -1.43. The van der Waals surface area contributed by atoms with Crippen molar-refractivity contribution in [2.75, 3.05) is 0 Å². The van der Waals surface area contributed by atoms with Gasteiger partial charge >= 0.3 is 5.97 Å². The number of hydrogen-bond donors (Lipinski definition) is 1. The summed E-state index contributed by atoms with van der Waals surface area (Å²) in [5.74, 6) is -0.949. The number of carbonyl (C=O) groups is 1. The number of carboxylic acids is 1. The van der Waals surface area contributed by atoms with E-state index in [-0.39, 0.29) is 11.0 Å². The van der Waals surface area contributed by atoms with E-state index in [9.17, 15) is 9.90 Å². The van der Waals surface area contributed by atoms with Crippen molar-refractivity contribution < 1.29 is 19.1 Å². The molecule has 3 aromatic carbocycles. The number of rotatable bonds is 8. The van der Waals surface area contributed by atoms with Crippen LogP contribution in [0.3, 0.4) is 0 Å². The number of aromatic carboxylic acids is 1. The molecular formula is C28H34O4Si. The zero-order valence-electron chi connectivity index (χ0n) is 20.4. The van der Waals surface area contributed by atoms with Gasteiger partial charge in [-0.05, 0) is 65.4 Å². The van der Waals surface area contributed by atoms with Crippen LogP contribution in [0.1, 0.15) is 59.7 Å². The molecule has 174 valence electrons. The summed E-state index contributed by atoms with van der Waals surface area (Å²) in [6.07, 6.45) is -0.555. The van der Waals surface area contributed by atoms with Crippen LogP contribution < -0.4 is 0 Å². The maximum absolute atomic E-state index is 11.9. The van der Waals surface area contributed by atoms with Crippen LogP contribution in [-0.2, 0) is 21.2 Å². The van der Waals surface area contributed by atoms with E-state index in [1.165, 1.54) is 5.56 Å². The van der Waals surface area contributed by atoms with Gasteiger partial charge in [-0.25, -0.2) is 4.79 Å². The SMILES string of the molecule is Cc1ccccc1-c1cc(C(OCc2cccc(C(C)(C)C)c2)O[SiH](C)C)ccc1C(=O)O. The second-order valence-electron chi connectivity index (χ2n) is 9.70. The lowest BCUT2D eigenvalue weighted by Crippen LogP contribution is -2.17. The molecule has 5 heteroatoms. The Hall–Kier alpha value is -2.73. The van der Waals surface area contributed by atoms with Crippen molar-refractivity contribution in [3.05, 3.63) is 94.5 Å². The lowest BCUT2D eigenvalue weighted by molar-refractivity contribution is -0.0949. The third kappa shape index (κ3) is 6.41. The second kappa shape index (κ2) is 10.5. The summed E-state index contributed by atoms with van der Waals surface area (Å²) in [7, 11) is -1.43. The molecule has 0 bridgehead atoms. The molecule has 0 radical (unpaired) electrons. The van der Waals surface area contributed by atoms with E-state index in [1.807, 2.05) is 37.3 Å². The molecule has 0 aromatic heterocycles. The van der Waals surface area contributed by atoms with Gasteiger partial charge in [0.15, 0.2) is 15.3 Å². The Kier molecular flexibility index (Phi) is 7.90. The van der Waals surface area contributed by atoms with Crippen LogP contribution in [-0.4, -0.2) is 20.1 Å². The molecule has 1 unspecified atom stereocenters. The third-order valence-electron chi connectivity index (χ3n) is 5.57. The molecule has 0 saturated carbocycles. The minimum absolute atomic E-state index is 0.0614. The summed E-state index contributed by atoms with van der Waals surface area (Å²) in [5.41, 5.74) is 6.09. The highest BCUT2D eigenvalue weighted by Gasteiger charge is 2.21. The van der Waals surface area contributed by atoms with Crippen molar-refractivity contribution in [2.45, 2.75) is 59.1 Å². The van der Waals surface area contributed by atoms with Crippen LogP contribution in [0.4, 0.5) is 0 Å². The second-order valence-corrected chi connectivity index (χ2v) is 12.1. The zero-order valence-corrected chi connectivity index (χ0v) is 21.5. The van der Waals surface area contributed by atoms with Crippen molar-refractivity contribution in [3.8, 4) is 11.1 Å². The van der Waals surface area contributed by atoms with Gasteiger partial charge in [0.1, 0.15) is 0 Å². The van der Waals surface area contributed by atoms with E-state index in [0.29, 0.717) is 12.2 Å². The molecule has 1 atom stereocenters. The number of aryl methyl sites for hydroxylation is 1. The maximum Gasteiger partial charge on any atom is 0.336 e. The summed E-state index contributed by atoms with van der Waals surface area (Å²) in [6.45, 7) is 13.2. The van der Waals surface area contributed by atoms with Crippen LogP contribution in [0.25, 0.3) is 11.1 Å². The van der Waals surface area contributed by atoms with E-state index in [1.54, 1.807) is 12.1 Å². The fourth-order valence-corrected chi connectivity index (χ4v) is 4.48. The molecule has 4 nitrogen and oxygen atoms in total. The molecule has 33 heavy (non-hydrogen) atoms. The minimum Gasteiger partial charge on any atom is -0.478 e. The normalized spacial score (nSPS) is 12.7. The standard InChI is InChI=1S/C28H34O4Si/c1-19-10-7-8-13-23(19)25-17-21(14-15-24(25)26(29)30)27(32-33(5)6)31-18-20-11-9-12-22(16-20)28(2,3)4/h7-17,27,33H,18H2,1-6H3,(H,29,30). The molecule has 0 saturated heterocycles. The number of carboxylic acid groups (broad SMARTS) is 1. The first-order valence-electron chi connectivity index (χ1n) is 11.4. The van der Waals surface area contributed by atoms with E-state index < -0.39 is 21.3 Å². The summed E-state index contributed by atoms with van der Waals surface area (Å²) in [6, 6.07) is 21.6. The number of hydrogen-bond acceptors (Lipinski definition) is 3. The Bertz CT molecular complexity index is 1110. The Morgan fingerprint density at radius 3 is 2.33 bits per heavy atom. The average Bonchev–Trinajstić information content (AvgIpc) is 2.76. The first kappa shape index (κ1) is 24.9. The summed E-state index contributed by atoms with van der Waals surface area (Å²) < 4.78 is 12.5. The molecule has 0 spiro atoms. The van der Waals surface area contributed by atoms with Gasteiger partial charge < -0.3 is 14.3 Å². The molecule has 0 aliphatic rings. The molecule has 1 N–H and O–H groups in total. The van der Waals surface area contributed by atoms with Gasteiger partial charge in [0, 0.05) is 5.56 Å². The van der Waals surface area contributed by atoms with Crippen LogP contribution in [0, 0.1) is 6.92 Å². The van der Waals surface area contributed by atoms with Crippen molar-refractivity contribution in [2.24, 2.45) is 0 Å². The number of benzene rings is 3. The molecule has 0 aliphatic carbocycles. The molecule has 3 aromatic rings. The molecule has 0 amide bonds. The van der Waals surface area contributed by atoms with Crippen molar-refractivity contribution in [1.82, 2.24) is 0 Å². The molecular weight excluding hydrogens is 428 g/mol. The lowest BCUT2D eigenvalue weighted by Gasteiger charge is -2.24. The van der Waals surface area contributed by atoms with E-state index >= 15 is 0 Å². The van der Waals surface area contributed by atoms with E-state index in [2.05, 4.69) is 58.1 Å². The molecule has 3 rings (SSSR count). The summed E-state index contributed by atoms with van der Waals surface area (Å²) in [5, 5.41) is 9.78. The fourth-order valence-electron chi connectivity index (χ4n) is 3.75. The number of ether oxygens (including phenoxy) is 1. The quantitative estimate of drug-likeness (QED) is 0.293. The van der Waals surface area contributed by atoms with Crippen molar-refractivity contribution >= 4 is 15.0 Å². The van der Waals surface area contributed by atoms with Gasteiger partial charge in [0.05, 0.1) is 12.2 Å². The topological polar surface area (TPSA) is 55.8 Å². The monoisotopic (exact) mass is 462 g/mol. The van der Waals surface area contributed by atoms with Gasteiger partial charge in [-0.1, -0.05) is 75.4 Å². The largest absolute Gasteiger partial charge is 0.478 e. The Morgan fingerprint density at radius 2 is 1.70 bits per heavy atom. The van der Waals surface area contributed by atoms with Crippen LogP contribution in [0.2, 0.25) is 13.1 Å². The molecule has 0 fully saturated rings. The Labute approximate surface area is 198 Å². The highest BCUT2D eigenvalue weighted by molar-refractivity contribution is 6.48. The van der Waals surface area contributed by atoms with Gasteiger partial charge in [0.25, 0.3) is 0 Å². The fraction of sp³-hybridized carbons (Fsp3) is 0.321. The van der Waals surface area contributed by atoms with Gasteiger partial charge in [-0.3, -0.25) is 0 Å². The highest BCUT2D eigenvalue weighted by Crippen LogP contribution is 2.32. The maximum atomic E-state index is 11.9. The smallest absolute Gasteiger partial charge is 0.336 e. The van der Waals surface area contributed by atoms with Crippen molar-refractivity contribution in [3.63, 3.8) is 0 Å². The third-order valence-corrected chi connectivity index (χ3v) is 6.36. The zero-order chi connectivity index (χ0) is 24.2. The highest BCUT2D eigenvalue weighted by atomic mass is 28.3.